The molecule has 1 aliphatic rings. The maximum absolute atomic E-state index is 12.4. The van der Waals surface area contributed by atoms with Gasteiger partial charge in [0.25, 0.3) is 0 Å². The number of sulfonamides is 1. The van der Waals surface area contributed by atoms with Crippen molar-refractivity contribution in [3.8, 4) is 0 Å². The highest BCUT2D eigenvalue weighted by molar-refractivity contribution is 7.89. The van der Waals surface area contributed by atoms with Crippen molar-refractivity contribution in [3.63, 3.8) is 0 Å². The van der Waals surface area contributed by atoms with Gasteiger partial charge in [0.2, 0.25) is 10.0 Å². The monoisotopic (exact) mass is 308 g/mol. The summed E-state index contributed by atoms with van der Waals surface area (Å²) in [5.41, 5.74) is -0.867. The highest BCUT2D eigenvalue weighted by Gasteiger charge is 2.30. The third-order valence-corrected chi connectivity index (χ3v) is 4.61. The summed E-state index contributed by atoms with van der Waals surface area (Å²) >= 11 is 0. The third-order valence-electron chi connectivity index (χ3n) is 3.17. The van der Waals surface area contributed by atoms with E-state index in [0.717, 1.165) is 43.7 Å². The Labute approximate surface area is 115 Å². The second-order valence-electron chi connectivity index (χ2n) is 4.67. The van der Waals surface area contributed by atoms with Gasteiger partial charge in [-0.25, -0.2) is 13.1 Å². The van der Waals surface area contributed by atoms with Crippen LogP contribution in [0.25, 0.3) is 0 Å². The molecule has 1 heterocycles. The molecule has 0 radical (unpaired) electrons. The Morgan fingerprint density at radius 1 is 1.25 bits per heavy atom. The van der Waals surface area contributed by atoms with E-state index in [1.165, 1.54) is 0 Å². The van der Waals surface area contributed by atoms with Crippen molar-refractivity contribution in [2.24, 2.45) is 0 Å². The van der Waals surface area contributed by atoms with Gasteiger partial charge in [-0.2, -0.15) is 13.2 Å². The normalized spacial score (nSPS) is 20.2. The molecule has 1 saturated heterocycles. The average Bonchev–Trinajstić information content (AvgIpc) is 2.89. The van der Waals surface area contributed by atoms with Crippen molar-refractivity contribution < 1.29 is 21.6 Å². The van der Waals surface area contributed by atoms with E-state index < -0.39 is 21.8 Å². The molecule has 1 atom stereocenters. The van der Waals surface area contributed by atoms with E-state index in [9.17, 15) is 21.6 Å². The predicted molar refractivity (Wildman–Crippen MR) is 67.7 cm³/mol. The van der Waals surface area contributed by atoms with Crippen LogP contribution in [-0.2, 0) is 16.2 Å². The van der Waals surface area contributed by atoms with E-state index in [0.29, 0.717) is 0 Å². The topological polar surface area (TPSA) is 58.2 Å². The van der Waals surface area contributed by atoms with E-state index in [1.807, 2.05) is 0 Å². The van der Waals surface area contributed by atoms with Crippen LogP contribution in [0.1, 0.15) is 18.4 Å². The molecule has 1 aliphatic heterocycles. The molecule has 1 fully saturated rings. The Morgan fingerprint density at radius 2 is 1.90 bits per heavy atom. The number of hydrogen-bond acceptors (Lipinski definition) is 3. The quantitative estimate of drug-likeness (QED) is 0.891. The Hall–Kier alpha value is -1.12. The molecule has 1 aromatic carbocycles. The molecule has 0 saturated carbocycles. The standard InChI is InChI=1S/C12H15F3N2O2S/c13-12(14,15)9-3-5-11(6-4-9)20(18,19)17-8-10-2-1-7-16-10/h3-6,10,16-17H,1-2,7-8H2/t10-/m1/s1. The van der Waals surface area contributed by atoms with Crippen molar-refractivity contribution in [3.05, 3.63) is 29.8 Å². The second kappa shape index (κ2) is 5.71. The summed E-state index contributed by atoms with van der Waals surface area (Å²) in [7, 11) is -3.77. The lowest BCUT2D eigenvalue weighted by atomic mass is 10.2. The van der Waals surface area contributed by atoms with Gasteiger partial charge in [0.1, 0.15) is 0 Å². The fourth-order valence-corrected chi connectivity index (χ4v) is 3.13. The fourth-order valence-electron chi connectivity index (χ4n) is 2.05. The van der Waals surface area contributed by atoms with Gasteiger partial charge < -0.3 is 5.32 Å². The largest absolute Gasteiger partial charge is 0.416 e. The number of rotatable bonds is 4. The minimum atomic E-state index is -4.47. The lowest BCUT2D eigenvalue weighted by Crippen LogP contribution is -2.37. The first-order valence-electron chi connectivity index (χ1n) is 6.19. The molecular weight excluding hydrogens is 293 g/mol. The van der Waals surface area contributed by atoms with E-state index in [2.05, 4.69) is 10.0 Å². The minimum absolute atomic E-state index is 0.0826. The van der Waals surface area contributed by atoms with Gasteiger partial charge in [-0.05, 0) is 43.7 Å². The van der Waals surface area contributed by atoms with E-state index in [-0.39, 0.29) is 17.5 Å². The summed E-state index contributed by atoms with van der Waals surface area (Å²) in [5, 5.41) is 3.13. The lowest BCUT2D eigenvalue weighted by molar-refractivity contribution is -0.137. The van der Waals surface area contributed by atoms with Crippen LogP contribution in [0.5, 0.6) is 0 Å². The Morgan fingerprint density at radius 3 is 2.40 bits per heavy atom. The summed E-state index contributed by atoms with van der Waals surface area (Å²) in [5.74, 6) is 0. The first-order valence-corrected chi connectivity index (χ1v) is 7.68. The predicted octanol–water partition coefficient (Wildman–Crippen LogP) is 1.74. The molecule has 112 valence electrons. The molecule has 0 bridgehead atoms. The Bertz CT molecular complexity index is 549. The van der Waals surface area contributed by atoms with Crippen LogP contribution in [0.2, 0.25) is 0 Å². The number of nitrogens with one attached hydrogen (secondary N) is 2. The summed E-state index contributed by atoms with van der Waals surface area (Å²) in [6.07, 6.45) is -2.59. The van der Waals surface area contributed by atoms with E-state index in [1.54, 1.807) is 0 Å². The molecule has 4 nitrogen and oxygen atoms in total. The minimum Gasteiger partial charge on any atom is -0.313 e. The van der Waals surface area contributed by atoms with Crippen molar-refractivity contribution in [2.75, 3.05) is 13.1 Å². The molecule has 0 aliphatic carbocycles. The Kier molecular flexibility index (Phi) is 4.36. The number of hydrogen-bond donors (Lipinski definition) is 2. The number of benzene rings is 1. The highest BCUT2D eigenvalue weighted by atomic mass is 32.2. The summed E-state index contributed by atoms with van der Waals surface area (Å²) in [4.78, 5) is -0.163. The molecule has 2 rings (SSSR count). The van der Waals surface area contributed by atoms with Gasteiger partial charge in [-0.3, -0.25) is 0 Å². The van der Waals surface area contributed by atoms with Crippen LogP contribution in [0, 0.1) is 0 Å². The second-order valence-corrected chi connectivity index (χ2v) is 6.43. The smallest absolute Gasteiger partial charge is 0.313 e. The van der Waals surface area contributed by atoms with Crippen LogP contribution in [0.3, 0.4) is 0 Å². The van der Waals surface area contributed by atoms with E-state index >= 15 is 0 Å². The van der Waals surface area contributed by atoms with Gasteiger partial charge in [0, 0.05) is 12.6 Å². The van der Waals surface area contributed by atoms with E-state index in [4.69, 9.17) is 0 Å². The van der Waals surface area contributed by atoms with Gasteiger partial charge in [0.05, 0.1) is 10.5 Å². The summed E-state index contributed by atoms with van der Waals surface area (Å²) in [6, 6.07) is 3.55. The average molecular weight is 308 g/mol. The SMILES string of the molecule is O=S(=O)(NC[C@H]1CCCN1)c1ccc(C(F)(F)F)cc1. The molecule has 0 unspecified atom stereocenters. The van der Waals surface area contributed by atoms with Crippen LogP contribution < -0.4 is 10.0 Å². The maximum atomic E-state index is 12.4. The maximum Gasteiger partial charge on any atom is 0.416 e. The first-order chi connectivity index (χ1) is 9.29. The zero-order valence-electron chi connectivity index (χ0n) is 10.6. The molecule has 0 amide bonds. The zero-order chi connectivity index (χ0) is 14.8. The van der Waals surface area contributed by atoms with Gasteiger partial charge in [-0.1, -0.05) is 0 Å². The Balaban J connectivity index is 2.05. The van der Waals surface area contributed by atoms with Crippen LogP contribution in [-0.4, -0.2) is 27.5 Å². The molecule has 2 N–H and O–H groups in total. The molecule has 0 aromatic heterocycles. The van der Waals surface area contributed by atoms with Crippen LogP contribution in [0.4, 0.5) is 13.2 Å². The number of alkyl halides is 3. The summed E-state index contributed by atoms with van der Waals surface area (Å²) in [6.45, 7) is 1.09. The fraction of sp³-hybridized carbons (Fsp3) is 0.500. The molecular formula is C12H15F3N2O2S. The molecule has 0 spiro atoms. The van der Waals surface area contributed by atoms with Crippen molar-refractivity contribution >= 4 is 10.0 Å². The molecule has 1 aromatic rings. The third kappa shape index (κ3) is 3.71. The summed E-state index contributed by atoms with van der Waals surface area (Å²) < 4.78 is 63.4. The van der Waals surface area contributed by atoms with Crippen LogP contribution >= 0.6 is 0 Å². The van der Waals surface area contributed by atoms with Crippen LogP contribution in [0.15, 0.2) is 29.2 Å². The zero-order valence-corrected chi connectivity index (χ0v) is 11.4. The van der Waals surface area contributed by atoms with Gasteiger partial charge in [-0.15, -0.1) is 0 Å². The first kappa shape index (κ1) is 15.3. The number of halogens is 3. The molecule has 8 heteroatoms. The van der Waals surface area contributed by atoms with Crippen molar-refractivity contribution in [1.82, 2.24) is 10.0 Å². The highest BCUT2D eigenvalue weighted by Crippen LogP contribution is 2.29. The van der Waals surface area contributed by atoms with Gasteiger partial charge >= 0.3 is 6.18 Å². The van der Waals surface area contributed by atoms with Gasteiger partial charge in [0.15, 0.2) is 0 Å². The molecule has 20 heavy (non-hydrogen) atoms. The lowest BCUT2D eigenvalue weighted by Gasteiger charge is -2.12. The van der Waals surface area contributed by atoms with Crippen molar-refractivity contribution in [2.45, 2.75) is 30.0 Å². The van der Waals surface area contributed by atoms with Crippen molar-refractivity contribution in [1.29, 1.82) is 0 Å².